The van der Waals surface area contributed by atoms with Gasteiger partial charge in [0, 0.05) is 28.3 Å². The van der Waals surface area contributed by atoms with Gasteiger partial charge in [-0.3, -0.25) is 4.79 Å². The summed E-state index contributed by atoms with van der Waals surface area (Å²) in [5.41, 5.74) is 7.20. The number of nitrogens with two attached hydrogens (primary N) is 1. The molecule has 3 rings (SSSR count). The number of carbonyl (C=O) groups is 1. The number of carbonyl (C=O) groups excluding carboxylic acids is 1. The van der Waals surface area contributed by atoms with E-state index in [-0.39, 0.29) is 5.91 Å². The largest absolute Gasteiger partial charge is 0.399 e. The SMILES string of the molecule is Nc1cc(Br)cc(C(=O)N2CCCC2C2CCCC2)c1. The molecule has 1 aromatic rings. The summed E-state index contributed by atoms with van der Waals surface area (Å²) in [5, 5.41) is 0. The summed E-state index contributed by atoms with van der Waals surface area (Å²) in [5.74, 6) is 0.860. The zero-order valence-corrected chi connectivity index (χ0v) is 13.2. The minimum atomic E-state index is 0.146. The van der Waals surface area contributed by atoms with Crippen molar-refractivity contribution >= 4 is 27.5 Å². The number of rotatable bonds is 2. The Bertz CT molecular complexity index is 491. The average molecular weight is 337 g/mol. The molecule has 1 heterocycles. The third kappa shape index (κ3) is 2.71. The molecule has 0 aromatic heterocycles. The molecule has 108 valence electrons. The lowest BCUT2D eigenvalue weighted by molar-refractivity contribution is 0.0689. The van der Waals surface area contributed by atoms with Crippen LogP contribution in [0.5, 0.6) is 0 Å². The number of hydrogen-bond donors (Lipinski definition) is 1. The predicted molar refractivity (Wildman–Crippen MR) is 84.6 cm³/mol. The van der Waals surface area contributed by atoms with E-state index >= 15 is 0 Å². The van der Waals surface area contributed by atoms with E-state index in [0.717, 1.165) is 17.4 Å². The van der Waals surface area contributed by atoms with Gasteiger partial charge in [-0.2, -0.15) is 0 Å². The maximum Gasteiger partial charge on any atom is 0.254 e. The monoisotopic (exact) mass is 336 g/mol. The molecule has 1 aliphatic heterocycles. The highest BCUT2D eigenvalue weighted by Gasteiger charge is 2.36. The minimum absolute atomic E-state index is 0.146. The van der Waals surface area contributed by atoms with Crippen LogP contribution in [0, 0.1) is 5.92 Å². The summed E-state index contributed by atoms with van der Waals surface area (Å²) in [6.45, 7) is 0.895. The Morgan fingerprint density at radius 1 is 1.15 bits per heavy atom. The van der Waals surface area contributed by atoms with Crippen molar-refractivity contribution in [3.8, 4) is 0 Å². The Hall–Kier alpha value is -1.03. The highest BCUT2D eigenvalue weighted by Crippen LogP contribution is 2.36. The number of nitrogen functional groups attached to an aromatic ring is 1. The number of anilines is 1. The Morgan fingerprint density at radius 3 is 2.60 bits per heavy atom. The van der Waals surface area contributed by atoms with Crippen molar-refractivity contribution in [1.29, 1.82) is 0 Å². The molecule has 2 N–H and O–H groups in total. The molecule has 3 nitrogen and oxygen atoms in total. The lowest BCUT2D eigenvalue weighted by Gasteiger charge is -2.29. The smallest absolute Gasteiger partial charge is 0.254 e. The summed E-state index contributed by atoms with van der Waals surface area (Å²) >= 11 is 3.42. The lowest BCUT2D eigenvalue weighted by atomic mass is 9.95. The van der Waals surface area contributed by atoms with Gasteiger partial charge in [-0.05, 0) is 49.8 Å². The van der Waals surface area contributed by atoms with Gasteiger partial charge in [0.05, 0.1) is 0 Å². The van der Waals surface area contributed by atoms with Crippen LogP contribution in [-0.4, -0.2) is 23.4 Å². The summed E-state index contributed by atoms with van der Waals surface area (Å²) in [4.78, 5) is 14.9. The topological polar surface area (TPSA) is 46.3 Å². The van der Waals surface area contributed by atoms with Crippen LogP contribution < -0.4 is 5.73 Å². The fourth-order valence-electron chi connectivity index (χ4n) is 3.78. The van der Waals surface area contributed by atoms with Crippen LogP contribution in [-0.2, 0) is 0 Å². The van der Waals surface area contributed by atoms with E-state index in [2.05, 4.69) is 20.8 Å². The van der Waals surface area contributed by atoms with Gasteiger partial charge < -0.3 is 10.6 Å². The van der Waals surface area contributed by atoms with E-state index < -0.39 is 0 Å². The van der Waals surface area contributed by atoms with E-state index in [9.17, 15) is 4.79 Å². The summed E-state index contributed by atoms with van der Waals surface area (Å²) < 4.78 is 0.873. The lowest BCUT2D eigenvalue weighted by Crippen LogP contribution is -2.39. The van der Waals surface area contributed by atoms with Crippen molar-refractivity contribution in [1.82, 2.24) is 4.90 Å². The highest BCUT2D eigenvalue weighted by molar-refractivity contribution is 9.10. The standard InChI is InChI=1S/C16H21BrN2O/c17-13-8-12(9-14(18)10-13)16(20)19-7-3-6-15(19)11-4-1-2-5-11/h8-11,15H,1-7,18H2. The van der Waals surface area contributed by atoms with E-state index in [4.69, 9.17) is 5.73 Å². The molecule has 1 amide bonds. The van der Waals surface area contributed by atoms with Gasteiger partial charge in [0.2, 0.25) is 0 Å². The molecule has 2 fully saturated rings. The number of nitrogens with zero attached hydrogens (tertiary/aromatic N) is 1. The first kappa shape index (κ1) is 13.9. The van der Waals surface area contributed by atoms with E-state index in [1.165, 1.54) is 32.1 Å². The van der Waals surface area contributed by atoms with Crippen LogP contribution in [0.2, 0.25) is 0 Å². The van der Waals surface area contributed by atoms with Crippen LogP contribution in [0.4, 0.5) is 5.69 Å². The van der Waals surface area contributed by atoms with Crippen molar-refractivity contribution in [2.45, 2.75) is 44.6 Å². The second-order valence-corrected chi connectivity index (χ2v) is 6.94. The maximum atomic E-state index is 12.8. The number of amides is 1. The fourth-order valence-corrected chi connectivity index (χ4v) is 4.29. The quantitative estimate of drug-likeness (QED) is 0.834. The molecular weight excluding hydrogens is 316 g/mol. The van der Waals surface area contributed by atoms with Crippen LogP contribution >= 0.6 is 15.9 Å². The molecule has 1 aliphatic carbocycles. The number of hydrogen-bond acceptors (Lipinski definition) is 2. The zero-order chi connectivity index (χ0) is 14.1. The summed E-state index contributed by atoms with van der Waals surface area (Å²) in [6.07, 6.45) is 7.53. The second kappa shape index (κ2) is 5.76. The van der Waals surface area contributed by atoms with Gasteiger partial charge in [-0.25, -0.2) is 0 Å². The molecule has 2 aliphatic rings. The molecule has 20 heavy (non-hydrogen) atoms. The second-order valence-electron chi connectivity index (χ2n) is 6.03. The predicted octanol–water partition coefficient (Wildman–Crippen LogP) is 3.83. The molecule has 1 aromatic carbocycles. The highest BCUT2D eigenvalue weighted by atomic mass is 79.9. The number of halogens is 1. The van der Waals surface area contributed by atoms with Gasteiger partial charge in [0.1, 0.15) is 0 Å². The molecule has 1 unspecified atom stereocenters. The Morgan fingerprint density at radius 2 is 1.90 bits per heavy atom. The molecular formula is C16H21BrN2O. The number of benzene rings is 1. The molecule has 1 saturated carbocycles. The fraction of sp³-hybridized carbons (Fsp3) is 0.562. The summed E-state index contributed by atoms with van der Waals surface area (Å²) in [6, 6.07) is 5.94. The summed E-state index contributed by atoms with van der Waals surface area (Å²) in [7, 11) is 0. The van der Waals surface area contributed by atoms with Crippen molar-refractivity contribution in [2.24, 2.45) is 5.92 Å². The van der Waals surface area contributed by atoms with Crippen molar-refractivity contribution < 1.29 is 4.79 Å². The third-order valence-electron chi connectivity index (χ3n) is 4.67. The molecule has 0 bridgehead atoms. The first-order chi connectivity index (χ1) is 9.65. The van der Waals surface area contributed by atoms with E-state index in [0.29, 0.717) is 23.2 Å². The van der Waals surface area contributed by atoms with Gasteiger partial charge in [0.25, 0.3) is 5.91 Å². The first-order valence-corrected chi connectivity index (χ1v) is 8.31. The molecule has 4 heteroatoms. The molecule has 0 spiro atoms. The minimum Gasteiger partial charge on any atom is -0.399 e. The first-order valence-electron chi connectivity index (χ1n) is 7.52. The number of likely N-dealkylation sites (tertiary alicyclic amines) is 1. The van der Waals surface area contributed by atoms with Crippen molar-refractivity contribution in [3.63, 3.8) is 0 Å². The zero-order valence-electron chi connectivity index (χ0n) is 11.6. The third-order valence-corrected chi connectivity index (χ3v) is 5.13. The Kier molecular flexibility index (Phi) is 4.01. The van der Waals surface area contributed by atoms with Crippen LogP contribution in [0.1, 0.15) is 48.9 Å². The van der Waals surface area contributed by atoms with Gasteiger partial charge in [-0.1, -0.05) is 28.8 Å². The van der Waals surface area contributed by atoms with Gasteiger partial charge >= 0.3 is 0 Å². The van der Waals surface area contributed by atoms with E-state index in [1.54, 1.807) is 6.07 Å². The van der Waals surface area contributed by atoms with Crippen LogP contribution in [0.25, 0.3) is 0 Å². The normalized spacial score (nSPS) is 23.4. The van der Waals surface area contributed by atoms with Gasteiger partial charge in [0.15, 0.2) is 0 Å². The average Bonchev–Trinajstić information content (AvgIpc) is 3.07. The van der Waals surface area contributed by atoms with Crippen molar-refractivity contribution in [3.05, 3.63) is 28.2 Å². The van der Waals surface area contributed by atoms with Gasteiger partial charge in [-0.15, -0.1) is 0 Å². The Balaban J connectivity index is 1.81. The molecule has 1 saturated heterocycles. The maximum absolute atomic E-state index is 12.8. The molecule has 1 atom stereocenters. The van der Waals surface area contributed by atoms with Crippen molar-refractivity contribution in [2.75, 3.05) is 12.3 Å². The van der Waals surface area contributed by atoms with E-state index in [1.807, 2.05) is 12.1 Å². The molecule has 0 radical (unpaired) electrons. The Labute approximate surface area is 128 Å². The van der Waals surface area contributed by atoms with Crippen LogP contribution in [0.15, 0.2) is 22.7 Å². The van der Waals surface area contributed by atoms with Crippen LogP contribution in [0.3, 0.4) is 0 Å².